The first-order valence-electron chi connectivity index (χ1n) is 8.32. The molecule has 4 heteroatoms. The van der Waals surface area contributed by atoms with Crippen LogP contribution in [-0.2, 0) is 0 Å². The highest BCUT2D eigenvalue weighted by atomic mass is 16.5. The first kappa shape index (κ1) is 14.7. The first-order valence-corrected chi connectivity index (χ1v) is 8.32. The van der Waals surface area contributed by atoms with Crippen LogP contribution in [0.15, 0.2) is 24.3 Å². The van der Waals surface area contributed by atoms with E-state index in [4.69, 9.17) is 4.74 Å². The van der Waals surface area contributed by atoms with Gasteiger partial charge in [-0.1, -0.05) is 19.1 Å². The molecule has 1 aromatic carbocycles. The lowest BCUT2D eigenvalue weighted by Crippen LogP contribution is -2.52. The second-order valence-corrected chi connectivity index (χ2v) is 6.10. The molecule has 21 heavy (non-hydrogen) atoms. The normalized spacial score (nSPS) is 19.8. The number of nitrogens with zero attached hydrogens (tertiary/aromatic N) is 2. The van der Waals surface area contributed by atoms with Crippen LogP contribution in [0.1, 0.15) is 26.2 Å². The Morgan fingerprint density at radius 1 is 1.14 bits per heavy atom. The Morgan fingerprint density at radius 3 is 2.62 bits per heavy atom. The Balaban J connectivity index is 1.56. The number of hydrogen-bond acceptors (Lipinski definition) is 4. The van der Waals surface area contributed by atoms with Gasteiger partial charge in [0, 0.05) is 32.7 Å². The van der Waals surface area contributed by atoms with Crippen LogP contribution in [0.4, 0.5) is 5.69 Å². The fourth-order valence-electron chi connectivity index (χ4n) is 2.71. The van der Waals surface area contributed by atoms with Crippen molar-refractivity contribution in [2.75, 3.05) is 44.2 Å². The first-order chi connectivity index (χ1) is 10.4. The number of anilines is 1. The average Bonchev–Trinajstić information content (AvgIpc) is 3.36. The predicted molar refractivity (Wildman–Crippen MR) is 86.7 cm³/mol. The standard InChI is InChI=1S/C17H27N3O/c1-2-9-18-20-12-10-19(11-13-20)16-5-3-4-6-17(16)21-14-15-7-8-15/h3-6,15,18H,2,7-14H2,1H3. The van der Waals surface area contributed by atoms with E-state index in [0.717, 1.165) is 51.0 Å². The molecule has 0 atom stereocenters. The van der Waals surface area contributed by atoms with E-state index in [-0.39, 0.29) is 0 Å². The van der Waals surface area contributed by atoms with Gasteiger partial charge in [0.05, 0.1) is 12.3 Å². The molecule has 2 aliphatic rings. The SMILES string of the molecule is CCCNN1CCN(c2ccccc2OCC2CC2)CC1. The summed E-state index contributed by atoms with van der Waals surface area (Å²) in [6.45, 7) is 8.40. The maximum Gasteiger partial charge on any atom is 0.142 e. The molecule has 1 aromatic rings. The molecule has 1 N–H and O–H groups in total. The van der Waals surface area contributed by atoms with Crippen LogP contribution in [0.2, 0.25) is 0 Å². The molecule has 116 valence electrons. The Labute approximate surface area is 128 Å². The summed E-state index contributed by atoms with van der Waals surface area (Å²) in [5.74, 6) is 1.85. The van der Waals surface area contributed by atoms with Gasteiger partial charge >= 0.3 is 0 Å². The van der Waals surface area contributed by atoms with Crippen LogP contribution in [0.3, 0.4) is 0 Å². The Morgan fingerprint density at radius 2 is 1.90 bits per heavy atom. The molecular formula is C17H27N3O. The van der Waals surface area contributed by atoms with Gasteiger partial charge in [-0.15, -0.1) is 0 Å². The van der Waals surface area contributed by atoms with Crippen molar-refractivity contribution in [3.8, 4) is 5.75 Å². The second-order valence-electron chi connectivity index (χ2n) is 6.10. The Kier molecular flexibility index (Phi) is 4.99. The molecule has 3 rings (SSSR count). The van der Waals surface area contributed by atoms with E-state index in [0.29, 0.717) is 0 Å². The van der Waals surface area contributed by atoms with Crippen molar-refractivity contribution < 1.29 is 4.74 Å². The molecule has 1 saturated heterocycles. The highest BCUT2D eigenvalue weighted by molar-refractivity contribution is 5.58. The Bertz CT molecular complexity index is 439. The van der Waals surface area contributed by atoms with Crippen molar-refractivity contribution in [2.24, 2.45) is 5.92 Å². The molecule has 0 spiro atoms. The summed E-state index contributed by atoms with van der Waals surface area (Å²) in [4.78, 5) is 2.45. The summed E-state index contributed by atoms with van der Waals surface area (Å²) in [5.41, 5.74) is 4.74. The van der Waals surface area contributed by atoms with E-state index >= 15 is 0 Å². The van der Waals surface area contributed by atoms with Gasteiger partial charge in [0.25, 0.3) is 0 Å². The van der Waals surface area contributed by atoms with Gasteiger partial charge in [0.1, 0.15) is 5.75 Å². The van der Waals surface area contributed by atoms with Gasteiger partial charge in [0.15, 0.2) is 0 Å². The van der Waals surface area contributed by atoms with Crippen LogP contribution in [0.5, 0.6) is 5.75 Å². The molecular weight excluding hydrogens is 262 g/mol. The average molecular weight is 289 g/mol. The molecule has 0 amide bonds. The van der Waals surface area contributed by atoms with E-state index in [1.54, 1.807) is 0 Å². The summed E-state index contributed by atoms with van der Waals surface area (Å²) in [5, 5.41) is 2.34. The van der Waals surface area contributed by atoms with Gasteiger partial charge in [0.2, 0.25) is 0 Å². The van der Waals surface area contributed by atoms with Crippen molar-refractivity contribution in [3.05, 3.63) is 24.3 Å². The lowest BCUT2D eigenvalue weighted by atomic mass is 10.2. The van der Waals surface area contributed by atoms with Gasteiger partial charge in [-0.2, -0.15) is 0 Å². The minimum Gasteiger partial charge on any atom is -0.491 e. The number of ether oxygens (including phenoxy) is 1. The third kappa shape index (κ3) is 4.11. The zero-order chi connectivity index (χ0) is 14.5. The van der Waals surface area contributed by atoms with Crippen molar-refractivity contribution in [3.63, 3.8) is 0 Å². The molecule has 0 unspecified atom stereocenters. The largest absolute Gasteiger partial charge is 0.491 e. The molecule has 1 saturated carbocycles. The zero-order valence-corrected chi connectivity index (χ0v) is 13.1. The van der Waals surface area contributed by atoms with Crippen molar-refractivity contribution >= 4 is 5.69 Å². The van der Waals surface area contributed by atoms with Crippen LogP contribution in [0, 0.1) is 5.92 Å². The number of para-hydroxylation sites is 2. The summed E-state index contributed by atoms with van der Waals surface area (Å²) in [6, 6.07) is 8.49. The number of piperazine rings is 1. The van der Waals surface area contributed by atoms with Crippen molar-refractivity contribution in [2.45, 2.75) is 26.2 Å². The smallest absolute Gasteiger partial charge is 0.142 e. The van der Waals surface area contributed by atoms with Crippen LogP contribution < -0.4 is 15.1 Å². The highest BCUT2D eigenvalue weighted by Gasteiger charge is 2.23. The summed E-state index contributed by atoms with van der Waals surface area (Å²) >= 11 is 0. The van der Waals surface area contributed by atoms with Crippen LogP contribution in [-0.4, -0.2) is 44.3 Å². The molecule has 4 nitrogen and oxygen atoms in total. The van der Waals surface area contributed by atoms with Crippen molar-refractivity contribution in [1.29, 1.82) is 0 Å². The minimum absolute atomic E-state index is 0.799. The van der Waals surface area contributed by atoms with Gasteiger partial charge in [-0.25, -0.2) is 5.01 Å². The number of hydrogen-bond donors (Lipinski definition) is 1. The van der Waals surface area contributed by atoms with E-state index in [1.165, 1.54) is 24.9 Å². The van der Waals surface area contributed by atoms with Gasteiger partial charge < -0.3 is 9.64 Å². The molecule has 1 heterocycles. The second kappa shape index (κ2) is 7.14. The maximum absolute atomic E-state index is 6.04. The lowest BCUT2D eigenvalue weighted by Gasteiger charge is -2.36. The molecule has 0 radical (unpaired) electrons. The maximum atomic E-state index is 6.04. The van der Waals surface area contributed by atoms with Crippen molar-refractivity contribution in [1.82, 2.24) is 10.4 Å². The van der Waals surface area contributed by atoms with Gasteiger partial charge in [-0.3, -0.25) is 5.43 Å². The quantitative estimate of drug-likeness (QED) is 0.835. The number of nitrogens with one attached hydrogen (secondary N) is 1. The molecule has 0 aromatic heterocycles. The fraction of sp³-hybridized carbons (Fsp3) is 0.647. The van der Waals surface area contributed by atoms with Crippen LogP contribution in [0.25, 0.3) is 0 Å². The molecule has 0 bridgehead atoms. The molecule has 1 aliphatic heterocycles. The zero-order valence-electron chi connectivity index (χ0n) is 13.1. The minimum atomic E-state index is 0.799. The summed E-state index contributed by atoms with van der Waals surface area (Å²) < 4.78 is 6.04. The topological polar surface area (TPSA) is 27.7 Å². The van der Waals surface area contributed by atoms with E-state index in [1.807, 2.05) is 0 Å². The third-order valence-electron chi connectivity index (χ3n) is 4.24. The Hall–Kier alpha value is -1.26. The number of hydrazine groups is 1. The van der Waals surface area contributed by atoms with E-state index in [9.17, 15) is 0 Å². The molecule has 2 fully saturated rings. The monoisotopic (exact) mass is 289 g/mol. The van der Waals surface area contributed by atoms with Gasteiger partial charge in [-0.05, 0) is 37.3 Å². The van der Waals surface area contributed by atoms with E-state index < -0.39 is 0 Å². The summed E-state index contributed by atoms with van der Waals surface area (Å²) in [7, 11) is 0. The highest BCUT2D eigenvalue weighted by Crippen LogP contribution is 2.33. The van der Waals surface area contributed by atoms with Crippen LogP contribution >= 0.6 is 0 Å². The lowest BCUT2D eigenvalue weighted by molar-refractivity contribution is 0.176. The summed E-state index contributed by atoms with van der Waals surface area (Å²) in [6.07, 6.45) is 3.85. The van der Waals surface area contributed by atoms with E-state index in [2.05, 4.69) is 46.5 Å². The third-order valence-corrected chi connectivity index (χ3v) is 4.24. The predicted octanol–water partition coefficient (Wildman–Crippen LogP) is 2.51. The molecule has 1 aliphatic carbocycles. The number of benzene rings is 1. The fourth-order valence-corrected chi connectivity index (χ4v) is 2.71. The number of rotatable bonds is 7.